The van der Waals surface area contributed by atoms with Crippen LogP contribution in [0.2, 0.25) is 0 Å². The molecule has 0 saturated carbocycles. The van der Waals surface area contributed by atoms with Gasteiger partial charge in [-0.05, 0) is 37.0 Å². The van der Waals surface area contributed by atoms with Gasteiger partial charge in [0.05, 0.1) is 13.7 Å². The van der Waals surface area contributed by atoms with E-state index in [0.717, 1.165) is 17.7 Å². The number of methoxy groups -OCH3 is 2. The van der Waals surface area contributed by atoms with E-state index in [4.69, 9.17) is 9.47 Å². The van der Waals surface area contributed by atoms with Gasteiger partial charge in [0.15, 0.2) is 5.54 Å². The van der Waals surface area contributed by atoms with Gasteiger partial charge in [-0.3, -0.25) is 4.79 Å². The molecule has 128 valence electrons. The largest absolute Gasteiger partial charge is 0.497 e. The summed E-state index contributed by atoms with van der Waals surface area (Å²) in [6.45, 7) is 3.34. The molecule has 23 heavy (non-hydrogen) atoms. The smallest absolute Gasteiger partial charge is 0.331 e. The predicted octanol–water partition coefficient (Wildman–Crippen LogP) is 2.18. The molecule has 1 amide bonds. The monoisotopic (exact) mass is 323 g/mol. The van der Waals surface area contributed by atoms with Crippen molar-refractivity contribution in [2.45, 2.75) is 38.1 Å². The molecule has 2 N–H and O–H groups in total. The molecule has 0 spiro atoms. The Labute approximate surface area is 136 Å². The zero-order valence-corrected chi connectivity index (χ0v) is 14.1. The SMILES string of the molecule is CCC(CC(=O)NC(C)(COC)C(=O)O)c1ccc(OC)cc1. The number of hydrogen-bond donors (Lipinski definition) is 2. The Kier molecular flexibility index (Phi) is 7.03. The number of carbonyl (C=O) groups excluding carboxylic acids is 1. The number of amides is 1. The summed E-state index contributed by atoms with van der Waals surface area (Å²) in [5, 5.41) is 11.8. The molecule has 6 heteroatoms. The van der Waals surface area contributed by atoms with Crippen LogP contribution >= 0.6 is 0 Å². The number of benzene rings is 1. The number of carboxylic acid groups (broad SMARTS) is 1. The number of aliphatic carboxylic acids is 1. The summed E-state index contributed by atoms with van der Waals surface area (Å²) < 4.78 is 10.0. The zero-order chi connectivity index (χ0) is 17.5. The molecule has 0 aliphatic carbocycles. The van der Waals surface area contributed by atoms with Crippen LogP contribution in [0.15, 0.2) is 24.3 Å². The van der Waals surface area contributed by atoms with E-state index in [9.17, 15) is 14.7 Å². The lowest BCUT2D eigenvalue weighted by atomic mass is 9.92. The van der Waals surface area contributed by atoms with Crippen LogP contribution in [-0.2, 0) is 14.3 Å². The normalized spacial score (nSPS) is 14.6. The first-order chi connectivity index (χ1) is 10.9. The minimum Gasteiger partial charge on any atom is -0.497 e. The minimum atomic E-state index is -1.43. The topological polar surface area (TPSA) is 84.9 Å². The van der Waals surface area contributed by atoms with Gasteiger partial charge >= 0.3 is 5.97 Å². The van der Waals surface area contributed by atoms with Gasteiger partial charge in [0.25, 0.3) is 0 Å². The number of carbonyl (C=O) groups is 2. The first-order valence-corrected chi connectivity index (χ1v) is 7.53. The predicted molar refractivity (Wildman–Crippen MR) is 86.7 cm³/mol. The summed E-state index contributed by atoms with van der Waals surface area (Å²) in [4.78, 5) is 23.6. The Morgan fingerprint density at radius 2 is 1.87 bits per heavy atom. The molecule has 6 nitrogen and oxygen atoms in total. The van der Waals surface area contributed by atoms with E-state index < -0.39 is 11.5 Å². The molecule has 0 radical (unpaired) electrons. The Morgan fingerprint density at radius 3 is 2.30 bits per heavy atom. The summed E-state index contributed by atoms with van der Waals surface area (Å²) in [6.07, 6.45) is 0.989. The average molecular weight is 323 g/mol. The molecule has 0 aliphatic heterocycles. The molecule has 0 heterocycles. The fourth-order valence-electron chi connectivity index (χ4n) is 2.40. The summed E-state index contributed by atoms with van der Waals surface area (Å²) in [5.41, 5.74) is -0.406. The van der Waals surface area contributed by atoms with Gasteiger partial charge in [0, 0.05) is 13.5 Å². The second kappa shape index (κ2) is 8.53. The Morgan fingerprint density at radius 1 is 1.26 bits per heavy atom. The third kappa shape index (κ3) is 5.25. The van der Waals surface area contributed by atoms with Crippen LogP contribution in [0.25, 0.3) is 0 Å². The lowest BCUT2D eigenvalue weighted by molar-refractivity contribution is -0.149. The number of hydrogen-bond acceptors (Lipinski definition) is 4. The minimum absolute atomic E-state index is 0.0153. The maximum absolute atomic E-state index is 12.2. The fourth-order valence-corrected chi connectivity index (χ4v) is 2.40. The van der Waals surface area contributed by atoms with E-state index in [1.54, 1.807) is 7.11 Å². The summed E-state index contributed by atoms with van der Waals surface area (Å²) >= 11 is 0. The van der Waals surface area contributed by atoms with E-state index >= 15 is 0 Å². The van der Waals surface area contributed by atoms with E-state index in [0.29, 0.717) is 0 Å². The van der Waals surface area contributed by atoms with Crippen molar-refractivity contribution in [1.82, 2.24) is 5.32 Å². The van der Waals surface area contributed by atoms with E-state index in [2.05, 4.69) is 5.32 Å². The van der Waals surface area contributed by atoms with Crippen molar-refractivity contribution >= 4 is 11.9 Å². The van der Waals surface area contributed by atoms with Gasteiger partial charge in [-0.2, -0.15) is 0 Å². The van der Waals surface area contributed by atoms with Crippen LogP contribution in [0.1, 0.15) is 38.2 Å². The third-order valence-electron chi connectivity index (χ3n) is 3.83. The molecule has 0 bridgehead atoms. The van der Waals surface area contributed by atoms with Gasteiger partial charge in [-0.25, -0.2) is 4.79 Å². The molecular formula is C17H25NO5. The van der Waals surface area contributed by atoms with Gasteiger partial charge in [0.2, 0.25) is 5.91 Å². The van der Waals surface area contributed by atoms with Crippen LogP contribution in [0, 0.1) is 0 Å². The number of nitrogens with one attached hydrogen (secondary N) is 1. The van der Waals surface area contributed by atoms with Crippen molar-refractivity contribution in [3.63, 3.8) is 0 Å². The zero-order valence-electron chi connectivity index (χ0n) is 14.1. The Balaban J connectivity index is 2.77. The molecular weight excluding hydrogens is 298 g/mol. The van der Waals surface area contributed by atoms with Gasteiger partial charge in [-0.15, -0.1) is 0 Å². The van der Waals surface area contributed by atoms with Crippen molar-refractivity contribution in [2.24, 2.45) is 0 Å². The second-order valence-electron chi connectivity index (χ2n) is 5.70. The van der Waals surface area contributed by atoms with Crippen LogP contribution in [0.4, 0.5) is 0 Å². The standard InChI is InChI=1S/C17H25NO5/c1-5-12(13-6-8-14(23-4)9-7-13)10-15(19)18-17(2,11-22-3)16(20)21/h6-9,12H,5,10-11H2,1-4H3,(H,18,19)(H,20,21). The van der Waals surface area contributed by atoms with E-state index in [-0.39, 0.29) is 24.9 Å². The van der Waals surface area contributed by atoms with Gasteiger partial charge in [0.1, 0.15) is 5.75 Å². The molecule has 2 atom stereocenters. The van der Waals surface area contributed by atoms with E-state index in [1.165, 1.54) is 14.0 Å². The lowest BCUT2D eigenvalue weighted by Crippen LogP contribution is -2.55. The summed E-state index contributed by atoms with van der Waals surface area (Å²) in [5.74, 6) is -0.659. The second-order valence-corrected chi connectivity index (χ2v) is 5.70. The highest BCUT2D eigenvalue weighted by Crippen LogP contribution is 2.25. The van der Waals surface area contributed by atoms with Crippen LogP contribution in [-0.4, -0.2) is 43.3 Å². The van der Waals surface area contributed by atoms with Crippen molar-refractivity contribution < 1.29 is 24.2 Å². The van der Waals surface area contributed by atoms with Crippen molar-refractivity contribution in [1.29, 1.82) is 0 Å². The van der Waals surface area contributed by atoms with Gasteiger partial charge < -0.3 is 19.9 Å². The molecule has 2 unspecified atom stereocenters. The average Bonchev–Trinajstić information content (AvgIpc) is 2.52. The molecule has 1 rings (SSSR count). The quantitative estimate of drug-likeness (QED) is 0.727. The fraction of sp³-hybridized carbons (Fsp3) is 0.529. The lowest BCUT2D eigenvalue weighted by Gasteiger charge is -2.26. The molecule has 1 aromatic rings. The highest BCUT2D eigenvalue weighted by Gasteiger charge is 2.35. The Hall–Kier alpha value is -2.08. The first kappa shape index (κ1) is 19.0. The van der Waals surface area contributed by atoms with Crippen molar-refractivity contribution in [3.8, 4) is 5.75 Å². The number of ether oxygens (including phenoxy) is 2. The maximum atomic E-state index is 12.2. The van der Waals surface area contributed by atoms with Crippen LogP contribution < -0.4 is 10.1 Å². The van der Waals surface area contributed by atoms with Crippen molar-refractivity contribution in [2.75, 3.05) is 20.8 Å². The van der Waals surface area contributed by atoms with Gasteiger partial charge in [-0.1, -0.05) is 19.1 Å². The molecule has 0 aromatic heterocycles. The van der Waals surface area contributed by atoms with Crippen LogP contribution in [0.3, 0.4) is 0 Å². The molecule has 0 saturated heterocycles. The van der Waals surface area contributed by atoms with E-state index in [1.807, 2.05) is 31.2 Å². The first-order valence-electron chi connectivity index (χ1n) is 7.53. The number of rotatable bonds is 9. The summed E-state index contributed by atoms with van der Waals surface area (Å²) in [7, 11) is 3.00. The number of carboxylic acids is 1. The molecule has 0 aliphatic rings. The van der Waals surface area contributed by atoms with Crippen LogP contribution in [0.5, 0.6) is 5.75 Å². The third-order valence-corrected chi connectivity index (χ3v) is 3.83. The maximum Gasteiger partial charge on any atom is 0.331 e. The molecule has 0 fully saturated rings. The van der Waals surface area contributed by atoms with Crippen molar-refractivity contribution in [3.05, 3.63) is 29.8 Å². The highest BCUT2D eigenvalue weighted by atomic mass is 16.5. The summed E-state index contributed by atoms with van der Waals surface area (Å²) in [6, 6.07) is 7.54. The molecule has 1 aromatic carbocycles. The highest BCUT2D eigenvalue weighted by molar-refractivity contribution is 5.87. The Bertz CT molecular complexity index is 528.